The minimum absolute atomic E-state index is 0.584. The summed E-state index contributed by atoms with van der Waals surface area (Å²) >= 11 is 0. The van der Waals surface area contributed by atoms with E-state index in [1.807, 2.05) is 10.9 Å². The maximum atomic E-state index is 11.6. The highest BCUT2D eigenvalue weighted by molar-refractivity contribution is 5.19. The van der Waals surface area contributed by atoms with Crippen molar-refractivity contribution in [3.8, 4) is 12.3 Å². The molecule has 4 atom stereocenters. The topological polar surface area (TPSA) is 125 Å². The number of terminal acetylenes is 1. The lowest BCUT2D eigenvalue weighted by Gasteiger charge is -2.26. The van der Waals surface area contributed by atoms with Gasteiger partial charge in [-0.15, -0.1) is 6.42 Å². The monoisotopic (exact) mass is 268 g/mol. The molecule has 1 aromatic heterocycles. The van der Waals surface area contributed by atoms with Gasteiger partial charge in [0.15, 0.2) is 11.8 Å². The van der Waals surface area contributed by atoms with Crippen LogP contribution in [0.1, 0.15) is 6.23 Å². The molecule has 8 heteroatoms. The van der Waals surface area contributed by atoms with E-state index < -0.39 is 41.9 Å². The third kappa shape index (κ3) is 1.98. The van der Waals surface area contributed by atoms with Crippen molar-refractivity contribution >= 4 is 0 Å². The van der Waals surface area contributed by atoms with Crippen LogP contribution in [0.2, 0.25) is 0 Å². The number of aliphatic hydroxyl groups excluding tert-OH is 2. The Hall–Kier alpha value is -1.92. The zero-order valence-corrected chi connectivity index (χ0v) is 9.68. The van der Waals surface area contributed by atoms with E-state index in [4.69, 9.17) is 16.3 Å². The molecule has 0 saturated carbocycles. The van der Waals surface area contributed by atoms with Crippen molar-refractivity contribution in [3.05, 3.63) is 33.1 Å². The van der Waals surface area contributed by atoms with Crippen molar-refractivity contribution < 1.29 is 20.1 Å². The molecule has 1 aliphatic heterocycles. The summed E-state index contributed by atoms with van der Waals surface area (Å²) in [5.41, 5.74) is -3.66. The molecule has 4 N–H and O–H groups in total. The third-order valence-corrected chi connectivity index (χ3v) is 3.00. The number of hydrogen-bond donors (Lipinski definition) is 4. The third-order valence-electron chi connectivity index (χ3n) is 3.00. The normalized spacial score (nSPS) is 34.1. The summed E-state index contributed by atoms with van der Waals surface area (Å²) in [6, 6.07) is 1.04. The van der Waals surface area contributed by atoms with Crippen LogP contribution in [0, 0.1) is 12.3 Å². The molecule has 1 aromatic rings. The smallest absolute Gasteiger partial charge is 0.330 e. The predicted octanol–water partition coefficient (Wildman–Crippen LogP) is -2.85. The lowest BCUT2D eigenvalue weighted by atomic mass is 9.95. The van der Waals surface area contributed by atoms with Gasteiger partial charge in [0.1, 0.15) is 12.2 Å². The fraction of sp³-hybridized carbons (Fsp3) is 0.455. The summed E-state index contributed by atoms with van der Waals surface area (Å²) in [4.78, 5) is 24.6. The number of hydrogen-bond acceptors (Lipinski definition) is 6. The molecule has 1 saturated heterocycles. The van der Waals surface area contributed by atoms with Crippen LogP contribution in [-0.4, -0.2) is 49.3 Å². The van der Waals surface area contributed by atoms with Gasteiger partial charge in [0.05, 0.1) is 6.61 Å². The molecule has 0 bridgehead atoms. The molecule has 0 radical (unpaired) electrons. The van der Waals surface area contributed by atoms with E-state index in [0.29, 0.717) is 0 Å². The standard InChI is InChI=1S/C11H12N2O6/c1-2-11(18)8(16)6(5-14)19-9(11)13-4-3-7(15)12-10(13)17/h1,3-4,6,8-9,14,16,18H,5H2,(H,12,15,17)/t6-,8-,9-,11+/m1/s1. The van der Waals surface area contributed by atoms with Gasteiger partial charge in [-0.2, -0.15) is 0 Å². The van der Waals surface area contributed by atoms with Crippen molar-refractivity contribution in [2.75, 3.05) is 6.61 Å². The molecular formula is C11H12N2O6. The fourth-order valence-corrected chi connectivity index (χ4v) is 1.96. The Morgan fingerprint density at radius 3 is 2.79 bits per heavy atom. The highest BCUT2D eigenvalue weighted by Crippen LogP contribution is 2.36. The maximum absolute atomic E-state index is 11.6. The van der Waals surface area contributed by atoms with Crippen molar-refractivity contribution in [3.63, 3.8) is 0 Å². The zero-order chi connectivity index (χ0) is 14.2. The first-order chi connectivity index (χ1) is 8.93. The van der Waals surface area contributed by atoms with Crippen LogP contribution in [-0.2, 0) is 4.74 Å². The van der Waals surface area contributed by atoms with Crippen molar-refractivity contribution in [2.24, 2.45) is 0 Å². The minimum atomic E-state index is -2.19. The molecule has 0 aromatic carbocycles. The second-order valence-electron chi connectivity index (χ2n) is 4.14. The van der Waals surface area contributed by atoms with Gasteiger partial charge in [-0.05, 0) is 0 Å². The average Bonchev–Trinajstić information content (AvgIpc) is 2.63. The van der Waals surface area contributed by atoms with Crippen molar-refractivity contribution in [1.82, 2.24) is 9.55 Å². The zero-order valence-electron chi connectivity index (χ0n) is 9.68. The van der Waals surface area contributed by atoms with E-state index in [1.54, 1.807) is 0 Å². The minimum Gasteiger partial charge on any atom is -0.394 e. The van der Waals surface area contributed by atoms with Gasteiger partial charge in [0, 0.05) is 12.3 Å². The Balaban J connectivity index is 2.52. The van der Waals surface area contributed by atoms with Gasteiger partial charge >= 0.3 is 5.69 Å². The van der Waals surface area contributed by atoms with Crippen LogP contribution in [0.3, 0.4) is 0 Å². The van der Waals surface area contributed by atoms with E-state index in [1.165, 1.54) is 0 Å². The molecule has 0 amide bonds. The van der Waals surface area contributed by atoms with E-state index in [9.17, 15) is 19.8 Å². The Labute approximate surface area is 106 Å². The predicted molar refractivity (Wildman–Crippen MR) is 62.1 cm³/mol. The highest BCUT2D eigenvalue weighted by atomic mass is 16.6. The molecule has 1 aliphatic rings. The lowest BCUT2D eigenvalue weighted by molar-refractivity contribution is -0.0764. The number of aromatic amines is 1. The molecule has 0 unspecified atom stereocenters. The van der Waals surface area contributed by atoms with Gasteiger partial charge in [-0.25, -0.2) is 4.79 Å². The van der Waals surface area contributed by atoms with Gasteiger partial charge in [0.25, 0.3) is 5.56 Å². The first-order valence-corrected chi connectivity index (χ1v) is 5.40. The number of aromatic nitrogens is 2. The van der Waals surface area contributed by atoms with Gasteiger partial charge in [-0.3, -0.25) is 14.3 Å². The summed E-state index contributed by atoms with van der Waals surface area (Å²) in [6.45, 7) is -0.584. The molecule has 8 nitrogen and oxygen atoms in total. The molecule has 2 rings (SSSR count). The van der Waals surface area contributed by atoms with Crippen molar-refractivity contribution in [1.29, 1.82) is 0 Å². The highest BCUT2D eigenvalue weighted by Gasteiger charge is 2.55. The largest absolute Gasteiger partial charge is 0.394 e. The van der Waals surface area contributed by atoms with E-state index in [2.05, 4.69) is 0 Å². The Kier molecular flexibility index (Phi) is 3.30. The van der Waals surface area contributed by atoms with Crippen LogP contribution in [0.5, 0.6) is 0 Å². The Morgan fingerprint density at radius 1 is 1.58 bits per heavy atom. The maximum Gasteiger partial charge on any atom is 0.330 e. The quantitative estimate of drug-likeness (QED) is 0.428. The first kappa shape index (κ1) is 13.5. The molecule has 102 valence electrons. The fourth-order valence-electron chi connectivity index (χ4n) is 1.96. The number of H-pyrrole nitrogens is 1. The van der Waals surface area contributed by atoms with Crippen LogP contribution < -0.4 is 11.2 Å². The van der Waals surface area contributed by atoms with Crippen LogP contribution in [0.15, 0.2) is 21.9 Å². The summed E-state index contributed by atoms with van der Waals surface area (Å²) in [5, 5.41) is 29.1. The molecule has 0 aliphatic carbocycles. The number of ether oxygens (including phenoxy) is 1. The molecule has 1 fully saturated rings. The molecular weight excluding hydrogens is 256 g/mol. The Bertz CT molecular complexity index is 629. The molecule has 0 spiro atoms. The number of nitrogens with zero attached hydrogens (tertiary/aromatic N) is 1. The number of nitrogens with one attached hydrogen (secondary N) is 1. The van der Waals surface area contributed by atoms with Crippen LogP contribution in [0.25, 0.3) is 0 Å². The number of rotatable bonds is 2. The summed E-state index contributed by atoms with van der Waals surface area (Å²) < 4.78 is 6.03. The van der Waals surface area contributed by atoms with Gasteiger partial charge in [-0.1, -0.05) is 5.92 Å². The molecule has 19 heavy (non-hydrogen) atoms. The summed E-state index contributed by atoms with van der Waals surface area (Å²) in [6.07, 6.45) is 2.15. The summed E-state index contributed by atoms with van der Waals surface area (Å²) in [7, 11) is 0. The first-order valence-electron chi connectivity index (χ1n) is 5.40. The lowest BCUT2D eigenvalue weighted by Crippen LogP contribution is -2.48. The second kappa shape index (κ2) is 4.64. The van der Waals surface area contributed by atoms with E-state index in [-0.39, 0.29) is 0 Å². The van der Waals surface area contributed by atoms with E-state index in [0.717, 1.165) is 16.8 Å². The Morgan fingerprint density at radius 2 is 2.26 bits per heavy atom. The van der Waals surface area contributed by atoms with Crippen LogP contribution >= 0.6 is 0 Å². The molecule has 2 heterocycles. The average molecular weight is 268 g/mol. The second-order valence-corrected chi connectivity index (χ2v) is 4.14. The van der Waals surface area contributed by atoms with Gasteiger partial charge < -0.3 is 20.1 Å². The SMILES string of the molecule is C#C[C@]1(O)[C@H](O)[C@@H](CO)O[C@H]1n1ccc(=O)[nH]c1=O. The van der Waals surface area contributed by atoms with Gasteiger partial charge in [0.2, 0.25) is 0 Å². The number of aliphatic hydroxyl groups is 3. The summed E-state index contributed by atoms with van der Waals surface area (Å²) in [5.74, 6) is 1.96. The van der Waals surface area contributed by atoms with Crippen molar-refractivity contribution in [2.45, 2.75) is 24.0 Å². The van der Waals surface area contributed by atoms with E-state index >= 15 is 0 Å². The van der Waals surface area contributed by atoms with Crippen LogP contribution in [0.4, 0.5) is 0 Å².